The van der Waals surface area contributed by atoms with Gasteiger partial charge in [0.2, 0.25) is 10.0 Å². The van der Waals surface area contributed by atoms with Gasteiger partial charge in [-0.1, -0.05) is 6.07 Å². The SMILES string of the molecule is Cc1cc(C)cc(S(=O)(=O)N2CCNCC2C#N)c1. The molecule has 102 valence electrons. The minimum absolute atomic E-state index is 0.271. The topological polar surface area (TPSA) is 73.2 Å². The lowest BCUT2D eigenvalue weighted by Crippen LogP contribution is -2.52. The van der Waals surface area contributed by atoms with Crippen LogP contribution >= 0.6 is 0 Å². The van der Waals surface area contributed by atoms with Crippen LogP contribution in [0.4, 0.5) is 0 Å². The molecule has 1 atom stereocenters. The van der Waals surface area contributed by atoms with Crippen molar-refractivity contribution in [2.24, 2.45) is 0 Å². The normalized spacial score (nSPS) is 21.0. The molecule has 1 fully saturated rings. The zero-order chi connectivity index (χ0) is 14.0. The molecular formula is C13H17N3O2S. The van der Waals surface area contributed by atoms with Crippen molar-refractivity contribution < 1.29 is 8.42 Å². The molecule has 1 aromatic rings. The lowest BCUT2D eigenvalue weighted by atomic mass is 10.2. The van der Waals surface area contributed by atoms with Gasteiger partial charge >= 0.3 is 0 Å². The van der Waals surface area contributed by atoms with E-state index in [1.165, 1.54) is 4.31 Å². The molecule has 0 radical (unpaired) electrons. The Morgan fingerprint density at radius 1 is 1.32 bits per heavy atom. The summed E-state index contributed by atoms with van der Waals surface area (Å²) in [6, 6.07) is 6.64. The highest BCUT2D eigenvalue weighted by atomic mass is 32.2. The zero-order valence-electron chi connectivity index (χ0n) is 11.0. The maximum Gasteiger partial charge on any atom is 0.244 e. The predicted octanol–water partition coefficient (Wildman–Crippen LogP) is 0.790. The molecule has 6 heteroatoms. The quantitative estimate of drug-likeness (QED) is 0.868. The van der Waals surface area contributed by atoms with Crippen molar-refractivity contribution >= 4 is 10.0 Å². The van der Waals surface area contributed by atoms with Crippen LogP contribution in [-0.2, 0) is 10.0 Å². The van der Waals surface area contributed by atoms with Crippen LogP contribution in [0.1, 0.15) is 11.1 Å². The van der Waals surface area contributed by atoms with Crippen molar-refractivity contribution in [2.45, 2.75) is 24.8 Å². The summed E-state index contributed by atoms with van der Waals surface area (Å²) in [5.74, 6) is 0. The molecule has 0 spiro atoms. The molecule has 1 aliphatic heterocycles. The number of piperazine rings is 1. The Kier molecular flexibility index (Phi) is 3.90. The van der Waals surface area contributed by atoms with E-state index >= 15 is 0 Å². The van der Waals surface area contributed by atoms with Crippen LogP contribution < -0.4 is 5.32 Å². The van der Waals surface area contributed by atoms with Crippen molar-refractivity contribution in [2.75, 3.05) is 19.6 Å². The number of hydrogen-bond donors (Lipinski definition) is 1. The first kappa shape index (κ1) is 14.0. The second kappa shape index (κ2) is 5.29. The van der Waals surface area contributed by atoms with Gasteiger partial charge in [0, 0.05) is 19.6 Å². The van der Waals surface area contributed by atoms with Crippen LogP contribution in [0.25, 0.3) is 0 Å². The van der Waals surface area contributed by atoms with Gasteiger partial charge in [-0.05, 0) is 37.1 Å². The number of rotatable bonds is 2. The number of aryl methyl sites for hydroxylation is 2. The minimum Gasteiger partial charge on any atom is -0.313 e. The number of sulfonamides is 1. The van der Waals surface area contributed by atoms with E-state index in [2.05, 4.69) is 5.32 Å². The number of nitrogens with one attached hydrogen (secondary N) is 1. The van der Waals surface area contributed by atoms with Gasteiger partial charge in [-0.3, -0.25) is 0 Å². The number of nitrogens with zero attached hydrogens (tertiary/aromatic N) is 2. The number of hydrogen-bond acceptors (Lipinski definition) is 4. The van der Waals surface area contributed by atoms with E-state index in [0.29, 0.717) is 19.6 Å². The Bertz CT molecular complexity index is 599. The van der Waals surface area contributed by atoms with E-state index in [1.807, 2.05) is 26.0 Å². The Balaban J connectivity index is 2.44. The van der Waals surface area contributed by atoms with Crippen LogP contribution in [0.2, 0.25) is 0 Å². The average Bonchev–Trinajstić information content (AvgIpc) is 2.37. The van der Waals surface area contributed by atoms with E-state index in [0.717, 1.165) is 11.1 Å². The van der Waals surface area contributed by atoms with Crippen molar-refractivity contribution in [1.82, 2.24) is 9.62 Å². The molecule has 1 aromatic carbocycles. The summed E-state index contributed by atoms with van der Waals surface area (Å²) in [5.41, 5.74) is 1.81. The molecular weight excluding hydrogens is 262 g/mol. The monoisotopic (exact) mass is 279 g/mol. The summed E-state index contributed by atoms with van der Waals surface area (Å²) in [6.45, 7) is 5.01. The summed E-state index contributed by atoms with van der Waals surface area (Å²) in [7, 11) is -3.60. The van der Waals surface area contributed by atoms with Crippen molar-refractivity contribution in [3.05, 3.63) is 29.3 Å². The van der Waals surface area contributed by atoms with Crippen LogP contribution in [-0.4, -0.2) is 38.4 Å². The average molecular weight is 279 g/mol. The zero-order valence-corrected chi connectivity index (χ0v) is 11.9. The number of benzene rings is 1. The second-order valence-electron chi connectivity index (χ2n) is 4.79. The molecule has 0 bridgehead atoms. The lowest BCUT2D eigenvalue weighted by Gasteiger charge is -2.31. The molecule has 1 N–H and O–H groups in total. The van der Waals surface area contributed by atoms with Crippen molar-refractivity contribution in [3.8, 4) is 6.07 Å². The van der Waals surface area contributed by atoms with E-state index in [-0.39, 0.29) is 4.90 Å². The highest BCUT2D eigenvalue weighted by Crippen LogP contribution is 2.21. The van der Waals surface area contributed by atoms with E-state index in [1.54, 1.807) is 12.1 Å². The largest absolute Gasteiger partial charge is 0.313 e. The van der Waals surface area contributed by atoms with Gasteiger partial charge < -0.3 is 5.32 Å². The molecule has 5 nitrogen and oxygen atoms in total. The Labute approximate surface area is 113 Å². The fourth-order valence-electron chi connectivity index (χ4n) is 2.30. The highest BCUT2D eigenvalue weighted by molar-refractivity contribution is 7.89. The molecule has 1 heterocycles. The predicted molar refractivity (Wildman–Crippen MR) is 72.1 cm³/mol. The summed E-state index contributed by atoms with van der Waals surface area (Å²) >= 11 is 0. The first-order chi connectivity index (χ1) is 8.95. The van der Waals surface area contributed by atoms with Gasteiger partial charge in [-0.25, -0.2) is 8.42 Å². The maximum atomic E-state index is 12.6. The molecule has 0 amide bonds. The third-order valence-corrected chi connectivity index (χ3v) is 5.03. The van der Waals surface area contributed by atoms with Crippen LogP contribution in [0.15, 0.2) is 23.1 Å². The van der Waals surface area contributed by atoms with Crippen LogP contribution in [0.3, 0.4) is 0 Å². The fraction of sp³-hybridized carbons (Fsp3) is 0.462. The standard InChI is InChI=1S/C13H17N3O2S/c1-10-5-11(2)7-13(6-10)19(17,18)16-4-3-15-9-12(16)8-14/h5-7,12,15H,3-4,9H2,1-2H3. The summed E-state index contributed by atoms with van der Waals surface area (Å²) in [6.07, 6.45) is 0. The Morgan fingerprint density at radius 2 is 1.95 bits per heavy atom. The van der Waals surface area contributed by atoms with Crippen LogP contribution in [0, 0.1) is 25.2 Å². The van der Waals surface area contributed by atoms with Gasteiger partial charge in [0.25, 0.3) is 0 Å². The summed E-state index contributed by atoms with van der Waals surface area (Å²) in [5, 5.41) is 12.1. The summed E-state index contributed by atoms with van der Waals surface area (Å²) < 4.78 is 26.5. The van der Waals surface area contributed by atoms with Crippen molar-refractivity contribution in [1.29, 1.82) is 5.26 Å². The first-order valence-corrected chi connectivity index (χ1v) is 7.59. The van der Waals surface area contributed by atoms with Gasteiger partial charge in [0.15, 0.2) is 0 Å². The molecule has 0 saturated carbocycles. The molecule has 0 aromatic heterocycles. The fourth-order valence-corrected chi connectivity index (χ4v) is 4.03. The van der Waals surface area contributed by atoms with E-state index in [9.17, 15) is 8.42 Å². The Hall–Kier alpha value is -1.42. The summed E-state index contributed by atoms with van der Waals surface area (Å²) in [4.78, 5) is 0.271. The van der Waals surface area contributed by atoms with Gasteiger partial charge in [0.05, 0.1) is 11.0 Å². The molecule has 0 aliphatic carbocycles. The molecule has 1 aliphatic rings. The van der Waals surface area contributed by atoms with Gasteiger partial charge in [-0.15, -0.1) is 0 Å². The molecule has 1 unspecified atom stereocenters. The van der Waals surface area contributed by atoms with Gasteiger partial charge in [-0.2, -0.15) is 9.57 Å². The van der Waals surface area contributed by atoms with E-state index < -0.39 is 16.1 Å². The highest BCUT2D eigenvalue weighted by Gasteiger charge is 2.33. The van der Waals surface area contributed by atoms with Gasteiger partial charge in [0.1, 0.15) is 6.04 Å². The van der Waals surface area contributed by atoms with Crippen LogP contribution in [0.5, 0.6) is 0 Å². The maximum absolute atomic E-state index is 12.6. The molecule has 1 saturated heterocycles. The third-order valence-electron chi connectivity index (χ3n) is 3.15. The molecule has 2 rings (SSSR count). The van der Waals surface area contributed by atoms with E-state index in [4.69, 9.17) is 5.26 Å². The first-order valence-electron chi connectivity index (χ1n) is 6.15. The third kappa shape index (κ3) is 2.78. The Morgan fingerprint density at radius 3 is 2.53 bits per heavy atom. The molecule has 19 heavy (non-hydrogen) atoms. The number of nitriles is 1. The lowest BCUT2D eigenvalue weighted by molar-refractivity contribution is 0.312. The minimum atomic E-state index is -3.60. The van der Waals surface area contributed by atoms with Crippen molar-refractivity contribution in [3.63, 3.8) is 0 Å². The second-order valence-corrected chi connectivity index (χ2v) is 6.68. The smallest absolute Gasteiger partial charge is 0.244 e.